The number of phenols is 1. The number of ketones is 1. The highest BCUT2D eigenvalue weighted by Crippen LogP contribution is 2.29. The van der Waals surface area contributed by atoms with E-state index in [9.17, 15) is 9.90 Å². The number of hydrogen-bond acceptors (Lipinski definition) is 2. The van der Waals surface area contributed by atoms with Crippen molar-refractivity contribution >= 4 is 32.5 Å². The first kappa shape index (κ1) is 12.9. The molecule has 0 aliphatic rings. The number of halogens is 1. The van der Waals surface area contributed by atoms with E-state index in [1.807, 2.05) is 36.4 Å². The molecule has 0 amide bonds. The number of aromatic hydroxyl groups is 1. The lowest BCUT2D eigenvalue weighted by atomic mass is 9.99. The van der Waals surface area contributed by atoms with Crippen molar-refractivity contribution in [2.45, 2.75) is 0 Å². The highest BCUT2D eigenvalue weighted by atomic mass is 79.9. The van der Waals surface area contributed by atoms with Crippen molar-refractivity contribution in [2.75, 3.05) is 0 Å². The van der Waals surface area contributed by atoms with Crippen LogP contribution in [0.3, 0.4) is 0 Å². The van der Waals surface area contributed by atoms with E-state index in [1.165, 1.54) is 0 Å². The molecule has 1 N–H and O–H groups in total. The number of hydrogen-bond donors (Lipinski definition) is 1. The topological polar surface area (TPSA) is 37.3 Å². The van der Waals surface area contributed by atoms with Gasteiger partial charge in [-0.2, -0.15) is 0 Å². The summed E-state index contributed by atoms with van der Waals surface area (Å²) in [5, 5.41) is 11.9. The highest BCUT2D eigenvalue weighted by molar-refractivity contribution is 9.10. The predicted octanol–water partition coefficient (Wildman–Crippen LogP) is 4.54. The van der Waals surface area contributed by atoms with Crippen LogP contribution < -0.4 is 0 Å². The van der Waals surface area contributed by atoms with Crippen molar-refractivity contribution in [3.63, 3.8) is 0 Å². The molecule has 0 aliphatic carbocycles. The zero-order valence-corrected chi connectivity index (χ0v) is 12.1. The van der Waals surface area contributed by atoms with Gasteiger partial charge in [0.05, 0.1) is 5.56 Å². The first-order valence-electron chi connectivity index (χ1n) is 6.18. The molecule has 20 heavy (non-hydrogen) atoms. The summed E-state index contributed by atoms with van der Waals surface area (Å²) >= 11 is 3.37. The van der Waals surface area contributed by atoms with Gasteiger partial charge in [0.25, 0.3) is 0 Å². The lowest BCUT2D eigenvalue weighted by Gasteiger charge is -2.07. The SMILES string of the molecule is O=C(c1cc2ccccc2cc1O)c1ccccc1Br. The molecule has 0 saturated carbocycles. The molecule has 0 spiro atoms. The lowest BCUT2D eigenvalue weighted by Crippen LogP contribution is -2.02. The molecular formula is C17H11BrO2. The number of carbonyl (C=O) groups is 1. The molecule has 0 heterocycles. The Morgan fingerprint density at radius 3 is 2.15 bits per heavy atom. The maximum Gasteiger partial charge on any atom is 0.197 e. The lowest BCUT2D eigenvalue weighted by molar-refractivity contribution is 0.103. The molecule has 2 nitrogen and oxygen atoms in total. The minimum atomic E-state index is -0.194. The van der Waals surface area contributed by atoms with Crippen molar-refractivity contribution in [3.05, 3.63) is 76.3 Å². The van der Waals surface area contributed by atoms with Crippen LogP contribution in [0.25, 0.3) is 10.8 Å². The van der Waals surface area contributed by atoms with Crippen molar-refractivity contribution in [3.8, 4) is 5.75 Å². The van der Waals surface area contributed by atoms with Gasteiger partial charge in [0, 0.05) is 10.0 Å². The Bertz CT molecular complexity index is 809. The molecule has 0 fully saturated rings. The van der Waals surface area contributed by atoms with E-state index >= 15 is 0 Å². The van der Waals surface area contributed by atoms with E-state index in [4.69, 9.17) is 0 Å². The predicted molar refractivity (Wildman–Crippen MR) is 83.2 cm³/mol. The molecule has 0 atom stereocenters. The largest absolute Gasteiger partial charge is 0.507 e. The third-order valence-corrected chi connectivity index (χ3v) is 3.92. The normalized spacial score (nSPS) is 10.7. The van der Waals surface area contributed by atoms with Gasteiger partial charge in [0.15, 0.2) is 5.78 Å². The minimum Gasteiger partial charge on any atom is -0.507 e. The summed E-state index contributed by atoms with van der Waals surface area (Å²) in [5.41, 5.74) is 0.855. The van der Waals surface area contributed by atoms with Gasteiger partial charge in [-0.1, -0.05) is 52.3 Å². The fourth-order valence-corrected chi connectivity index (χ4v) is 2.67. The van der Waals surface area contributed by atoms with Gasteiger partial charge >= 0.3 is 0 Å². The maximum atomic E-state index is 12.5. The molecule has 0 bridgehead atoms. The molecule has 0 unspecified atom stereocenters. The molecule has 98 valence electrons. The fraction of sp³-hybridized carbons (Fsp3) is 0. The van der Waals surface area contributed by atoms with Crippen LogP contribution in [0, 0.1) is 0 Å². The van der Waals surface area contributed by atoms with Crippen molar-refractivity contribution in [2.24, 2.45) is 0 Å². The van der Waals surface area contributed by atoms with Crippen LogP contribution in [0.1, 0.15) is 15.9 Å². The number of phenolic OH excluding ortho intramolecular Hbond substituents is 1. The molecule has 3 rings (SSSR count). The van der Waals surface area contributed by atoms with Gasteiger partial charge in [-0.05, 0) is 35.0 Å². The average molecular weight is 327 g/mol. The third-order valence-electron chi connectivity index (χ3n) is 3.23. The number of carbonyl (C=O) groups excluding carboxylic acids is 1. The van der Waals surface area contributed by atoms with E-state index < -0.39 is 0 Å². The Labute approximate surface area is 124 Å². The molecule has 0 aliphatic heterocycles. The van der Waals surface area contributed by atoms with Gasteiger partial charge in [-0.15, -0.1) is 0 Å². The molecular weight excluding hydrogens is 316 g/mol. The summed E-state index contributed by atoms with van der Waals surface area (Å²) in [7, 11) is 0. The summed E-state index contributed by atoms with van der Waals surface area (Å²) in [6.07, 6.45) is 0. The Kier molecular flexibility index (Phi) is 3.28. The van der Waals surface area contributed by atoms with E-state index in [-0.39, 0.29) is 11.5 Å². The van der Waals surface area contributed by atoms with Gasteiger partial charge in [-0.25, -0.2) is 0 Å². The smallest absolute Gasteiger partial charge is 0.197 e. The Balaban J connectivity index is 2.17. The van der Waals surface area contributed by atoms with Crippen LogP contribution in [-0.2, 0) is 0 Å². The molecule has 0 radical (unpaired) electrons. The number of rotatable bonds is 2. The van der Waals surface area contributed by atoms with Crippen LogP contribution in [0.5, 0.6) is 5.75 Å². The quantitative estimate of drug-likeness (QED) is 0.702. The van der Waals surface area contributed by atoms with E-state index in [2.05, 4.69) is 15.9 Å². The van der Waals surface area contributed by atoms with Crippen LogP contribution in [0.2, 0.25) is 0 Å². The van der Waals surface area contributed by atoms with Gasteiger partial charge in [0.1, 0.15) is 5.75 Å². The monoisotopic (exact) mass is 326 g/mol. The summed E-state index contributed by atoms with van der Waals surface area (Å²) in [4.78, 5) is 12.5. The van der Waals surface area contributed by atoms with E-state index in [0.717, 1.165) is 15.2 Å². The second kappa shape index (κ2) is 5.10. The summed E-state index contributed by atoms with van der Waals surface area (Å²) in [6, 6.07) is 18.2. The molecule has 0 aromatic heterocycles. The summed E-state index contributed by atoms with van der Waals surface area (Å²) in [5.74, 6) is -0.190. The first-order valence-corrected chi connectivity index (χ1v) is 6.97. The zero-order chi connectivity index (χ0) is 14.1. The van der Waals surface area contributed by atoms with Crippen molar-refractivity contribution in [1.29, 1.82) is 0 Å². The minimum absolute atomic E-state index is 0.00412. The standard InChI is InChI=1S/C17H11BrO2/c18-15-8-4-3-7-13(15)17(20)14-9-11-5-1-2-6-12(11)10-16(14)19/h1-10,19H. The first-order chi connectivity index (χ1) is 9.66. The number of benzene rings is 3. The second-order valence-electron chi connectivity index (χ2n) is 4.53. The summed E-state index contributed by atoms with van der Waals surface area (Å²) < 4.78 is 0.720. The Hall–Kier alpha value is -2.13. The van der Waals surface area contributed by atoms with Gasteiger partial charge in [0.2, 0.25) is 0 Å². The summed E-state index contributed by atoms with van der Waals surface area (Å²) in [6.45, 7) is 0. The molecule has 0 saturated heterocycles. The van der Waals surface area contributed by atoms with Crippen LogP contribution in [0.15, 0.2) is 65.1 Å². The van der Waals surface area contributed by atoms with Crippen LogP contribution >= 0.6 is 15.9 Å². The second-order valence-corrected chi connectivity index (χ2v) is 5.38. The van der Waals surface area contributed by atoms with E-state index in [1.54, 1.807) is 24.3 Å². The highest BCUT2D eigenvalue weighted by Gasteiger charge is 2.16. The molecule has 3 aromatic carbocycles. The van der Waals surface area contributed by atoms with Crippen LogP contribution in [-0.4, -0.2) is 10.9 Å². The molecule has 3 heteroatoms. The van der Waals surface area contributed by atoms with Gasteiger partial charge < -0.3 is 5.11 Å². The average Bonchev–Trinajstić information content (AvgIpc) is 2.46. The zero-order valence-electron chi connectivity index (χ0n) is 10.5. The Morgan fingerprint density at radius 2 is 1.45 bits per heavy atom. The maximum absolute atomic E-state index is 12.5. The number of fused-ring (bicyclic) bond motifs is 1. The van der Waals surface area contributed by atoms with Crippen molar-refractivity contribution in [1.82, 2.24) is 0 Å². The molecule has 3 aromatic rings. The van der Waals surface area contributed by atoms with E-state index in [0.29, 0.717) is 11.1 Å². The fourth-order valence-electron chi connectivity index (χ4n) is 2.20. The van der Waals surface area contributed by atoms with Crippen molar-refractivity contribution < 1.29 is 9.90 Å². The van der Waals surface area contributed by atoms with Gasteiger partial charge in [-0.3, -0.25) is 4.79 Å². The Morgan fingerprint density at radius 1 is 0.850 bits per heavy atom. The third kappa shape index (κ3) is 2.21. The van der Waals surface area contributed by atoms with Crippen LogP contribution in [0.4, 0.5) is 0 Å².